The molecule has 0 heterocycles. The van der Waals surface area contributed by atoms with Crippen molar-refractivity contribution < 1.29 is 9.53 Å². The fraction of sp³-hybridized carbons (Fsp3) is 0.500. The second-order valence-corrected chi connectivity index (χ2v) is 5.84. The molecule has 0 saturated carbocycles. The van der Waals surface area contributed by atoms with E-state index in [0.717, 1.165) is 5.56 Å². The second kappa shape index (κ2) is 6.21. The molecular weight excluding hydrogens is 250 g/mol. The van der Waals surface area contributed by atoms with E-state index in [0.29, 0.717) is 5.02 Å². The predicted octanol–water partition coefficient (Wildman–Crippen LogP) is 3.15. The first kappa shape index (κ1) is 15.0. The number of benzene rings is 1. The Balaban J connectivity index is 2.45. The smallest absolute Gasteiger partial charge is 0.307 e. The monoisotopic (exact) mass is 269 g/mol. The number of ether oxygens (including phenoxy) is 1. The molecule has 0 fully saturated rings. The van der Waals surface area contributed by atoms with Gasteiger partial charge in [0.05, 0.1) is 6.42 Å². The molecule has 3 nitrogen and oxygen atoms in total. The largest absolute Gasteiger partial charge is 0.461 e. The molecule has 0 aromatic heterocycles. The van der Waals surface area contributed by atoms with Gasteiger partial charge in [-0.1, -0.05) is 50.6 Å². The third-order valence-electron chi connectivity index (χ3n) is 2.85. The van der Waals surface area contributed by atoms with Crippen molar-refractivity contribution in [3.8, 4) is 0 Å². The first-order valence-corrected chi connectivity index (χ1v) is 6.33. The fourth-order valence-corrected chi connectivity index (χ4v) is 1.51. The minimum absolute atomic E-state index is 0.108. The number of rotatable bonds is 4. The van der Waals surface area contributed by atoms with E-state index in [1.807, 2.05) is 39.0 Å². The lowest BCUT2D eigenvalue weighted by Gasteiger charge is -2.26. The highest BCUT2D eigenvalue weighted by Gasteiger charge is 2.23. The van der Waals surface area contributed by atoms with Gasteiger partial charge >= 0.3 is 5.97 Å². The zero-order valence-corrected chi connectivity index (χ0v) is 11.8. The highest BCUT2D eigenvalue weighted by molar-refractivity contribution is 6.31. The van der Waals surface area contributed by atoms with Crippen LogP contribution in [0.4, 0.5) is 0 Å². The van der Waals surface area contributed by atoms with E-state index in [-0.39, 0.29) is 30.5 Å². The summed E-state index contributed by atoms with van der Waals surface area (Å²) >= 11 is 5.97. The van der Waals surface area contributed by atoms with Gasteiger partial charge in [0, 0.05) is 16.6 Å². The normalized spacial score (nSPS) is 13.2. The molecule has 1 aromatic rings. The van der Waals surface area contributed by atoms with E-state index in [9.17, 15) is 4.79 Å². The van der Waals surface area contributed by atoms with Crippen LogP contribution in [0.2, 0.25) is 5.02 Å². The van der Waals surface area contributed by atoms with E-state index in [1.54, 1.807) is 6.07 Å². The minimum atomic E-state index is -0.294. The van der Waals surface area contributed by atoms with Gasteiger partial charge in [-0.05, 0) is 11.5 Å². The first-order chi connectivity index (χ1) is 8.30. The van der Waals surface area contributed by atoms with E-state index in [2.05, 4.69) is 0 Å². The van der Waals surface area contributed by atoms with Crippen LogP contribution in [0.25, 0.3) is 0 Å². The fourth-order valence-electron chi connectivity index (χ4n) is 1.32. The lowest BCUT2D eigenvalue weighted by atomic mass is 9.85. The molecule has 2 N–H and O–H groups in total. The van der Waals surface area contributed by atoms with E-state index in [4.69, 9.17) is 22.1 Å². The number of carbonyl (C=O) groups is 1. The molecule has 100 valence electrons. The van der Waals surface area contributed by atoms with Crippen molar-refractivity contribution in [2.24, 2.45) is 11.1 Å². The molecule has 0 aliphatic heterocycles. The van der Waals surface area contributed by atoms with E-state index in [1.165, 1.54) is 0 Å². The van der Waals surface area contributed by atoms with Crippen LogP contribution in [0.15, 0.2) is 24.3 Å². The molecule has 1 aromatic carbocycles. The topological polar surface area (TPSA) is 52.3 Å². The number of hydrogen-bond acceptors (Lipinski definition) is 3. The maximum Gasteiger partial charge on any atom is 0.307 e. The second-order valence-electron chi connectivity index (χ2n) is 5.43. The molecule has 1 atom stereocenters. The number of esters is 1. The number of halogens is 1. The van der Waals surface area contributed by atoms with Crippen molar-refractivity contribution in [1.82, 2.24) is 0 Å². The first-order valence-electron chi connectivity index (χ1n) is 5.95. The van der Waals surface area contributed by atoms with Gasteiger partial charge < -0.3 is 10.5 Å². The highest BCUT2D eigenvalue weighted by Crippen LogP contribution is 2.21. The summed E-state index contributed by atoms with van der Waals surface area (Å²) in [5, 5.41) is 0.602. The van der Waals surface area contributed by atoms with Crippen molar-refractivity contribution in [2.45, 2.75) is 39.8 Å². The van der Waals surface area contributed by atoms with Crippen LogP contribution in [0.5, 0.6) is 0 Å². The molecule has 0 saturated heterocycles. The molecule has 18 heavy (non-hydrogen) atoms. The molecule has 1 rings (SSSR count). The third kappa shape index (κ3) is 4.67. The van der Waals surface area contributed by atoms with Gasteiger partial charge in [0.2, 0.25) is 0 Å². The van der Waals surface area contributed by atoms with Crippen molar-refractivity contribution in [3.05, 3.63) is 34.9 Å². The van der Waals surface area contributed by atoms with Crippen molar-refractivity contribution in [3.63, 3.8) is 0 Å². The van der Waals surface area contributed by atoms with Crippen LogP contribution in [0, 0.1) is 5.41 Å². The zero-order valence-electron chi connectivity index (χ0n) is 11.1. The lowest BCUT2D eigenvalue weighted by Crippen LogP contribution is -2.37. The van der Waals surface area contributed by atoms with E-state index >= 15 is 0 Å². The summed E-state index contributed by atoms with van der Waals surface area (Å²) in [6, 6.07) is 7.08. The highest BCUT2D eigenvalue weighted by atomic mass is 35.5. The Morgan fingerprint density at radius 2 is 2.00 bits per heavy atom. The Morgan fingerprint density at radius 1 is 1.39 bits per heavy atom. The van der Waals surface area contributed by atoms with Gasteiger partial charge in [0.15, 0.2) is 0 Å². The summed E-state index contributed by atoms with van der Waals surface area (Å²) in [6.07, 6.45) is 0.216. The quantitative estimate of drug-likeness (QED) is 0.855. The summed E-state index contributed by atoms with van der Waals surface area (Å²) in [4.78, 5) is 11.6. The molecule has 0 amide bonds. The minimum Gasteiger partial charge on any atom is -0.461 e. The SMILES string of the molecule is CC(C)(C)C(N)CC(=O)OCc1ccccc1Cl. The van der Waals surface area contributed by atoms with Gasteiger partial charge in [-0.3, -0.25) is 4.79 Å². The molecule has 0 aliphatic rings. The molecular formula is C14H20ClNO2. The van der Waals surface area contributed by atoms with Crippen LogP contribution >= 0.6 is 11.6 Å². The molecule has 4 heteroatoms. The zero-order chi connectivity index (χ0) is 13.8. The standard InChI is InChI=1S/C14H20ClNO2/c1-14(2,3)12(16)8-13(17)18-9-10-6-4-5-7-11(10)15/h4-7,12H,8-9,16H2,1-3H3. The Morgan fingerprint density at radius 3 is 2.56 bits per heavy atom. The molecule has 0 spiro atoms. The summed E-state index contributed by atoms with van der Waals surface area (Å²) in [5.41, 5.74) is 6.62. The van der Waals surface area contributed by atoms with Gasteiger partial charge in [0.1, 0.15) is 6.61 Å². The van der Waals surface area contributed by atoms with Crippen LogP contribution in [-0.2, 0) is 16.1 Å². The summed E-state index contributed by atoms with van der Waals surface area (Å²) in [7, 11) is 0. The number of nitrogens with two attached hydrogens (primary N) is 1. The van der Waals surface area contributed by atoms with Crippen LogP contribution in [0.1, 0.15) is 32.8 Å². The average Bonchev–Trinajstić information content (AvgIpc) is 2.26. The maximum atomic E-state index is 11.6. The Kier molecular flexibility index (Phi) is 5.17. The summed E-state index contributed by atoms with van der Waals surface area (Å²) in [5.74, 6) is -0.294. The maximum absolute atomic E-state index is 11.6. The van der Waals surface area contributed by atoms with Crippen molar-refractivity contribution in [1.29, 1.82) is 0 Å². The Bertz CT molecular complexity index is 413. The van der Waals surface area contributed by atoms with Crippen LogP contribution in [-0.4, -0.2) is 12.0 Å². The summed E-state index contributed by atoms with van der Waals surface area (Å²) < 4.78 is 5.17. The molecule has 0 radical (unpaired) electrons. The average molecular weight is 270 g/mol. The Hall–Kier alpha value is -1.06. The van der Waals surface area contributed by atoms with Crippen LogP contribution < -0.4 is 5.73 Å². The van der Waals surface area contributed by atoms with Gasteiger partial charge in [-0.15, -0.1) is 0 Å². The molecule has 0 bridgehead atoms. The lowest BCUT2D eigenvalue weighted by molar-refractivity contribution is -0.146. The summed E-state index contributed by atoms with van der Waals surface area (Å²) in [6.45, 7) is 6.19. The van der Waals surface area contributed by atoms with Gasteiger partial charge in [-0.2, -0.15) is 0 Å². The van der Waals surface area contributed by atoms with Crippen molar-refractivity contribution in [2.75, 3.05) is 0 Å². The van der Waals surface area contributed by atoms with Gasteiger partial charge in [-0.25, -0.2) is 0 Å². The third-order valence-corrected chi connectivity index (χ3v) is 3.21. The van der Waals surface area contributed by atoms with Crippen LogP contribution in [0.3, 0.4) is 0 Å². The van der Waals surface area contributed by atoms with Crippen molar-refractivity contribution >= 4 is 17.6 Å². The molecule has 0 aliphatic carbocycles. The number of hydrogen-bond donors (Lipinski definition) is 1. The van der Waals surface area contributed by atoms with Gasteiger partial charge in [0.25, 0.3) is 0 Å². The molecule has 1 unspecified atom stereocenters. The number of carbonyl (C=O) groups excluding carboxylic acids is 1. The Labute approximate surface area is 113 Å². The predicted molar refractivity (Wildman–Crippen MR) is 73.3 cm³/mol. The van der Waals surface area contributed by atoms with E-state index < -0.39 is 0 Å².